The quantitative estimate of drug-likeness (QED) is 0.883. The van der Waals surface area contributed by atoms with Gasteiger partial charge >= 0.3 is 0 Å². The Balaban J connectivity index is 1.92. The molecular formula is C15H12ClN3OS. The highest BCUT2D eigenvalue weighted by molar-refractivity contribution is 7.80. The molecule has 3 rings (SSSR count). The van der Waals surface area contributed by atoms with Crippen molar-refractivity contribution in [1.82, 2.24) is 4.98 Å². The molecule has 0 aliphatic carbocycles. The molecule has 0 saturated heterocycles. The number of halogens is 1. The normalized spacial score (nSPS) is 13.4. The highest BCUT2D eigenvalue weighted by Gasteiger charge is 2.27. The van der Waals surface area contributed by atoms with E-state index in [0.717, 1.165) is 16.8 Å². The van der Waals surface area contributed by atoms with Crippen LogP contribution in [-0.2, 0) is 17.8 Å². The number of hydrogen-bond donors (Lipinski definition) is 1. The van der Waals surface area contributed by atoms with Crippen LogP contribution in [0.25, 0.3) is 0 Å². The first kappa shape index (κ1) is 14.0. The predicted molar refractivity (Wildman–Crippen MR) is 86.5 cm³/mol. The van der Waals surface area contributed by atoms with Gasteiger partial charge < -0.3 is 10.6 Å². The number of nitrogens with zero attached hydrogens (tertiary/aromatic N) is 2. The third-order valence-electron chi connectivity index (χ3n) is 3.40. The predicted octanol–water partition coefficient (Wildman–Crippen LogP) is 2.46. The van der Waals surface area contributed by atoms with Crippen LogP contribution in [0.5, 0.6) is 0 Å². The maximum Gasteiger partial charge on any atom is 0.231 e. The lowest BCUT2D eigenvalue weighted by molar-refractivity contribution is -0.117. The second-order valence-corrected chi connectivity index (χ2v) is 5.72. The second kappa shape index (κ2) is 5.42. The maximum atomic E-state index is 12.2. The summed E-state index contributed by atoms with van der Waals surface area (Å²) in [4.78, 5) is 18.2. The van der Waals surface area contributed by atoms with Crippen LogP contribution < -0.4 is 10.6 Å². The summed E-state index contributed by atoms with van der Waals surface area (Å²) in [5, 5.41) is 0.618. The summed E-state index contributed by atoms with van der Waals surface area (Å²) in [5.41, 5.74) is 8.92. The molecule has 106 valence electrons. The molecular weight excluding hydrogens is 306 g/mol. The summed E-state index contributed by atoms with van der Waals surface area (Å²) in [5.74, 6) is 0.0564. The van der Waals surface area contributed by atoms with Gasteiger partial charge in [-0.25, -0.2) is 0 Å². The molecule has 1 aromatic heterocycles. The van der Waals surface area contributed by atoms with Gasteiger partial charge in [-0.1, -0.05) is 29.9 Å². The van der Waals surface area contributed by atoms with E-state index >= 15 is 0 Å². The monoisotopic (exact) mass is 317 g/mol. The van der Waals surface area contributed by atoms with Gasteiger partial charge in [-0.3, -0.25) is 9.78 Å². The number of hydrogen-bond acceptors (Lipinski definition) is 3. The van der Waals surface area contributed by atoms with Crippen LogP contribution in [0.2, 0.25) is 5.02 Å². The Morgan fingerprint density at radius 1 is 1.38 bits per heavy atom. The lowest BCUT2D eigenvalue weighted by atomic mass is 10.1. The Morgan fingerprint density at radius 3 is 2.95 bits per heavy atom. The van der Waals surface area contributed by atoms with E-state index in [1.807, 2.05) is 18.2 Å². The minimum atomic E-state index is 0.0564. The van der Waals surface area contributed by atoms with E-state index in [0.29, 0.717) is 23.7 Å². The fourth-order valence-electron chi connectivity index (χ4n) is 2.39. The summed E-state index contributed by atoms with van der Waals surface area (Å²) in [6, 6.07) is 9.16. The second-order valence-electron chi connectivity index (χ2n) is 4.84. The highest BCUT2D eigenvalue weighted by Crippen LogP contribution is 2.32. The zero-order valence-corrected chi connectivity index (χ0v) is 12.6. The summed E-state index contributed by atoms with van der Waals surface area (Å²) >= 11 is 10.9. The van der Waals surface area contributed by atoms with Crippen molar-refractivity contribution < 1.29 is 4.79 Å². The third-order valence-corrected chi connectivity index (χ3v) is 3.84. The molecule has 2 N–H and O–H groups in total. The standard InChI is InChI=1S/C15H12ClN3OS/c16-11-2-1-10-6-14(20)19(13(10)7-11)8-9-3-4-18-12(5-9)15(17)21/h1-5,7H,6,8H2,(H2,17,21). The number of fused-ring (bicyclic) bond motifs is 1. The largest absolute Gasteiger partial charge is 0.388 e. The summed E-state index contributed by atoms with van der Waals surface area (Å²) < 4.78 is 0. The number of carbonyl (C=O) groups excluding carboxylic acids is 1. The van der Waals surface area contributed by atoms with Gasteiger partial charge in [-0.05, 0) is 35.4 Å². The van der Waals surface area contributed by atoms with Crippen molar-refractivity contribution in [2.45, 2.75) is 13.0 Å². The first-order valence-corrected chi connectivity index (χ1v) is 7.17. The first-order valence-electron chi connectivity index (χ1n) is 6.38. The fourth-order valence-corrected chi connectivity index (χ4v) is 2.67. The highest BCUT2D eigenvalue weighted by atomic mass is 35.5. The van der Waals surface area contributed by atoms with E-state index in [9.17, 15) is 4.79 Å². The van der Waals surface area contributed by atoms with Gasteiger partial charge in [0.2, 0.25) is 5.91 Å². The van der Waals surface area contributed by atoms with Gasteiger partial charge in [0.15, 0.2) is 0 Å². The van der Waals surface area contributed by atoms with Gasteiger partial charge in [-0.2, -0.15) is 0 Å². The van der Waals surface area contributed by atoms with Crippen LogP contribution >= 0.6 is 23.8 Å². The molecule has 4 nitrogen and oxygen atoms in total. The molecule has 2 aromatic rings. The Bertz CT molecular complexity index is 747. The molecule has 2 heterocycles. The minimum absolute atomic E-state index is 0.0564. The molecule has 0 fully saturated rings. The maximum absolute atomic E-state index is 12.2. The number of rotatable bonds is 3. The van der Waals surface area contributed by atoms with E-state index in [2.05, 4.69) is 4.98 Å². The van der Waals surface area contributed by atoms with Crippen LogP contribution in [-0.4, -0.2) is 15.9 Å². The smallest absolute Gasteiger partial charge is 0.231 e. The number of anilines is 1. The van der Waals surface area contributed by atoms with Crippen molar-refractivity contribution in [1.29, 1.82) is 0 Å². The van der Waals surface area contributed by atoms with Gasteiger partial charge in [0.25, 0.3) is 0 Å². The summed E-state index contributed by atoms with van der Waals surface area (Å²) in [7, 11) is 0. The van der Waals surface area contributed by atoms with Crippen LogP contribution in [0.1, 0.15) is 16.8 Å². The van der Waals surface area contributed by atoms with E-state index in [1.54, 1.807) is 23.2 Å². The van der Waals surface area contributed by atoms with Crippen LogP contribution in [0.4, 0.5) is 5.69 Å². The van der Waals surface area contributed by atoms with Crippen LogP contribution in [0.3, 0.4) is 0 Å². The number of carbonyl (C=O) groups is 1. The Morgan fingerprint density at radius 2 is 2.19 bits per heavy atom. The van der Waals surface area contributed by atoms with Crippen molar-refractivity contribution in [3.63, 3.8) is 0 Å². The van der Waals surface area contributed by atoms with Gasteiger partial charge in [0, 0.05) is 16.9 Å². The van der Waals surface area contributed by atoms with Crippen molar-refractivity contribution in [2.24, 2.45) is 5.73 Å². The van der Waals surface area contributed by atoms with Gasteiger partial charge in [-0.15, -0.1) is 0 Å². The van der Waals surface area contributed by atoms with E-state index in [4.69, 9.17) is 29.6 Å². The van der Waals surface area contributed by atoms with Gasteiger partial charge in [0.1, 0.15) is 4.99 Å². The number of thiocarbonyl (C=S) groups is 1. The number of pyridine rings is 1. The molecule has 21 heavy (non-hydrogen) atoms. The van der Waals surface area contributed by atoms with Crippen LogP contribution in [0, 0.1) is 0 Å². The van der Waals surface area contributed by atoms with Crippen molar-refractivity contribution >= 4 is 40.4 Å². The number of nitrogens with two attached hydrogens (primary N) is 1. The molecule has 6 heteroatoms. The van der Waals surface area contributed by atoms with Gasteiger partial charge in [0.05, 0.1) is 18.7 Å². The van der Waals surface area contributed by atoms with Crippen LogP contribution in [0.15, 0.2) is 36.5 Å². The first-order chi connectivity index (χ1) is 10.0. The number of amides is 1. The average Bonchev–Trinajstić information content (AvgIpc) is 2.75. The minimum Gasteiger partial charge on any atom is -0.388 e. The third kappa shape index (κ3) is 2.75. The van der Waals surface area contributed by atoms with E-state index in [-0.39, 0.29) is 10.9 Å². The summed E-state index contributed by atoms with van der Waals surface area (Å²) in [6.07, 6.45) is 2.04. The molecule has 1 aliphatic heterocycles. The zero-order chi connectivity index (χ0) is 15.0. The van der Waals surface area contributed by atoms with Crippen molar-refractivity contribution in [3.8, 4) is 0 Å². The van der Waals surface area contributed by atoms with E-state index in [1.165, 1.54) is 0 Å². The SMILES string of the molecule is NC(=S)c1cc(CN2C(=O)Cc3ccc(Cl)cc32)ccn1. The van der Waals surface area contributed by atoms with E-state index < -0.39 is 0 Å². The molecule has 1 aromatic carbocycles. The molecule has 0 unspecified atom stereocenters. The zero-order valence-electron chi connectivity index (χ0n) is 11.0. The molecule has 0 atom stereocenters. The molecule has 0 spiro atoms. The van der Waals surface area contributed by atoms with Crippen molar-refractivity contribution in [2.75, 3.05) is 4.90 Å². The Labute approximate surface area is 132 Å². The topological polar surface area (TPSA) is 59.2 Å². The average molecular weight is 318 g/mol. The number of benzene rings is 1. The summed E-state index contributed by atoms with van der Waals surface area (Å²) in [6.45, 7) is 0.449. The molecule has 1 amide bonds. The molecule has 0 saturated carbocycles. The Kier molecular flexibility index (Phi) is 3.61. The molecule has 0 radical (unpaired) electrons. The number of aromatic nitrogens is 1. The Hall–Kier alpha value is -1.98. The lowest BCUT2D eigenvalue weighted by Gasteiger charge is -2.18. The lowest BCUT2D eigenvalue weighted by Crippen LogP contribution is -2.26. The molecule has 0 bridgehead atoms. The fraction of sp³-hybridized carbons (Fsp3) is 0.133. The van der Waals surface area contributed by atoms with Crippen molar-refractivity contribution in [3.05, 3.63) is 58.4 Å². The molecule has 1 aliphatic rings.